The van der Waals surface area contributed by atoms with Gasteiger partial charge in [0.05, 0.1) is 0 Å². The molecular weight excluding hydrogens is 236 g/mol. The molecule has 0 aromatic rings. The van der Waals surface area contributed by atoms with Crippen molar-refractivity contribution in [2.45, 2.75) is 11.6 Å². The summed E-state index contributed by atoms with van der Waals surface area (Å²) in [6.45, 7) is 0. The van der Waals surface area contributed by atoms with Gasteiger partial charge in [0.25, 0.3) is 0 Å². The molecule has 0 saturated heterocycles. The molecule has 0 atom stereocenters. The van der Waals surface area contributed by atoms with Crippen molar-refractivity contribution in [1.82, 2.24) is 0 Å². The SMILES string of the molecule is NC([N+](=O)[O-])([N+](=O)[O-])C(N)([N+](=O)[O-])[N+](=O)[O-]. The van der Waals surface area contributed by atoms with Gasteiger partial charge in [0, 0.05) is 0 Å². The van der Waals surface area contributed by atoms with E-state index in [4.69, 9.17) is 0 Å². The van der Waals surface area contributed by atoms with E-state index in [-0.39, 0.29) is 0 Å². The molecule has 0 bridgehead atoms. The molecule has 0 aliphatic rings. The van der Waals surface area contributed by atoms with E-state index in [0.29, 0.717) is 0 Å². The molecule has 14 nitrogen and oxygen atoms in total. The Kier molecular flexibility index (Phi) is 3.03. The van der Waals surface area contributed by atoms with E-state index in [2.05, 4.69) is 11.5 Å². The normalized spacial score (nSPS) is 11.9. The summed E-state index contributed by atoms with van der Waals surface area (Å²) in [6, 6.07) is 0. The predicted molar refractivity (Wildman–Crippen MR) is 41.8 cm³/mol. The van der Waals surface area contributed by atoms with Crippen LogP contribution in [-0.2, 0) is 0 Å². The van der Waals surface area contributed by atoms with Crippen molar-refractivity contribution in [1.29, 1.82) is 0 Å². The molecule has 0 aliphatic carbocycles. The summed E-state index contributed by atoms with van der Waals surface area (Å²) < 4.78 is 0. The van der Waals surface area contributed by atoms with E-state index in [0.717, 1.165) is 0 Å². The van der Waals surface area contributed by atoms with Crippen LogP contribution in [0.4, 0.5) is 0 Å². The second-order valence-corrected chi connectivity index (χ2v) is 2.48. The zero-order valence-electron chi connectivity index (χ0n) is 7.21. The minimum absolute atomic E-state index is 2.00. The van der Waals surface area contributed by atoms with Gasteiger partial charge in [-0.3, -0.25) is 40.5 Å². The van der Waals surface area contributed by atoms with E-state index in [1.54, 1.807) is 0 Å². The standard InChI is InChI=1S/C2H4N6O8/c3-1(5(9)10,6(11)12)2(4,7(13)14)8(15)16/h3-4H2. The fraction of sp³-hybridized carbons (Fsp3) is 1.00. The van der Waals surface area contributed by atoms with E-state index >= 15 is 0 Å². The maximum atomic E-state index is 10.3. The summed E-state index contributed by atoms with van der Waals surface area (Å²) in [5.74, 6) is -8.56. The van der Waals surface area contributed by atoms with Crippen molar-refractivity contribution in [3.8, 4) is 0 Å². The van der Waals surface area contributed by atoms with Gasteiger partial charge < -0.3 is 0 Å². The van der Waals surface area contributed by atoms with Gasteiger partial charge in [-0.25, -0.2) is 0 Å². The largest absolute Gasteiger partial charge is 0.677 e. The molecule has 0 spiro atoms. The van der Waals surface area contributed by atoms with E-state index in [1.165, 1.54) is 0 Å². The first kappa shape index (κ1) is 13.5. The molecule has 0 saturated carbocycles. The van der Waals surface area contributed by atoms with Crippen LogP contribution in [0.25, 0.3) is 0 Å². The first-order chi connectivity index (χ1) is 7.02. The summed E-state index contributed by atoms with van der Waals surface area (Å²) in [7, 11) is 0. The molecule has 14 heteroatoms. The smallest absolute Gasteiger partial charge is 0.257 e. The first-order valence-corrected chi connectivity index (χ1v) is 3.18. The molecule has 0 fully saturated rings. The molecule has 0 heterocycles. The van der Waals surface area contributed by atoms with Gasteiger partial charge in [-0.05, 0) is 0 Å². The van der Waals surface area contributed by atoms with E-state index < -0.39 is 31.3 Å². The fourth-order valence-corrected chi connectivity index (χ4v) is 0.671. The molecule has 0 radical (unpaired) electrons. The fourth-order valence-electron chi connectivity index (χ4n) is 0.671. The summed E-state index contributed by atoms with van der Waals surface area (Å²) in [4.78, 5) is 33.1. The second kappa shape index (κ2) is 3.59. The Morgan fingerprint density at radius 1 is 0.625 bits per heavy atom. The van der Waals surface area contributed by atoms with Crippen molar-refractivity contribution in [2.75, 3.05) is 0 Å². The summed E-state index contributed by atoms with van der Waals surface area (Å²) in [5.41, 5.74) is 8.91. The maximum absolute atomic E-state index is 10.3. The van der Waals surface area contributed by atoms with Gasteiger partial charge in [0.15, 0.2) is 0 Å². The van der Waals surface area contributed by atoms with Crippen LogP contribution in [-0.4, -0.2) is 31.3 Å². The molecular formula is C2H4N6O8. The average molecular weight is 240 g/mol. The van der Waals surface area contributed by atoms with Crippen molar-refractivity contribution in [3.05, 3.63) is 40.5 Å². The Balaban J connectivity index is 6.05. The Morgan fingerprint density at radius 3 is 0.812 bits per heavy atom. The average Bonchev–Trinajstić information content (AvgIpc) is 2.13. The lowest BCUT2D eigenvalue weighted by Gasteiger charge is -2.16. The van der Waals surface area contributed by atoms with Gasteiger partial charge in [-0.15, -0.1) is 0 Å². The van der Waals surface area contributed by atoms with Crippen LogP contribution < -0.4 is 11.5 Å². The Bertz CT molecular complexity index is 311. The van der Waals surface area contributed by atoms with Crippen LogP contribution >= 0.6 is 0 Å². The van der Waals surface area contributed by atoms with Crippen LogP contribution in [0.15, 0.2) is 0 Å². The Labute approximate surface area is 84.4 Å². The van der Waals surface area contributed by atoms with Crippen LogP contribution in [0.3, 0.4) is 0 Å². The number of nitrogens with zero attached hydrogens (tertiary/aromatic N) is 4. The highest BCUT2D eigenvalue weighted by Gasteiger charge is 2.89. The van der Waals surface area contributed by atoms with Gasteiger partial charge in [0.2, 0.25) is 0 Å². The third-order valence-electron chi connectivity index (χ3n) is 1.65. The lowest BCUT2D eigenvalue weighted by atomic mass is 10.2. The van der Waals surface area contributed by atoms with Crippen molar-refractivity contribution in [2.24, 2.45) is 11.5 Å². The lowest BCUT2D eigenvalue weighted by Crippen LogP contribution is -2.80. The third kappa shape index (κ3) is 1.37. The van der Waals surface area contributed by atoms with Crippen LogP contribution in [0.2, 0.25) is 0 Å². The Hall–Kier alpha value is -2.48. The number of hydrogen-bond acceptors (Lipinski definition) is 10. The number of rotatable bonds is 5. The summed E-state index contributed by atoms with van der Waals surface area (Å²) in [6.07, 6.45) is 0. The van der Waals surface area contributed by atoms with E-state index in [1.807, 2.05) is 0 Å². The monoisotopic (exact) mass is 240 g/mol. The first-order valence-electron chi connectivity index (χ1n) is 3.18. The van der Waals surface area contributed by atoms with Gasteiger partial charge in [0.1, 0.15) is 19.7 Å². The van der Waals surface area contributed by atoms with Gasteiger partial charge in [-0.1, -0.05) is 0 Å². The topological polar surface area (TPSA) is 225 Å². The molecule has 0 aromatic heterocycles. The third-order valence-corrected chi connectivity index (χ3v) is 1.65. The zero-order valence-corrected chi connectivity index (χ0v) is 7.21. The van der Waals surface area contributed by atoms with Crippen LogP contribution in [0, 0.1) is 40.5 Å². The highest BCUT2D eigenvalue weighted by molar-refractivity contribution is 4.74. The quantitative estimate of drug-likeness (QED) is 0.287. The molecule has 90 valence electrons. The highest BCUT2D eigenvalue weighted by atomic mass is 16.7. The molecule has 4 N–H and O–H groups in total. The molecule has 0 unspecified atom stereocenters. The second-order valence-electron chi connectivity index (χ2n) is 2.48. The molecule has 16 heavy (non-hydrogen) atoms. The molecule has 0 rings (SSSR count). The number of hydrogen-bond donors (Lipinski definition) is 2. The minimum Gasteiger partial charge on any atom is -0.257 e. The predicted octanol–water partition coefficient (Wildman–Crippen LogP) is -2.68. The number of nitro groups is 4. The molecule has 0 aliphatic heterocycles. The van der Waals surface area contributed by atoms with E-state index in [9.17, 15) is 40.5 Å². The maximum Gasteiger partial charge on any atom is 0.677 e. The molecule has 0 aromatic carbocycles. The molecule has 0 amide bonds. The van der Waals surface area contributed by atoms with Crippen molar-refractivity contribution < 1.29 is 19.7 Å². The van der Waals surface area contributed by atoms with Crippen molar-refractivity contribution >= 4 is 0 Å². The lowest BCUT2D eigenvalue weighted by molar-refractivity contribution is -0.936. The highest BCUT2D eigenvalue weighted by Crippen LogP contribution is 2.20. The van der Waals surface area contributed by atoms with Gasteiger partial charge in [-0.2, -0.15) is 11.5 Å². The zero-order chi connectivity index (χ0) is 13.3. The number of nitrogens with two attached hydrogens (primary N) is 2. The minimum atomic E-state index is -4.28. The van der Waals surface area contributed by atoms with Crippen LogP contribution in [0.5, 0.6) is 0 Å². The Morgan fingerprint density at radius 2 is 0.750 bits per heavy atom. The van der Waals surface area contributed by atoms with Crippen molar-refractivity contribution in [3.63, 3.8) is 0 Å². The van der Waals surface area contributed by atoms with Crippen LogP contribution in [0.1, 0.15) is 0 Å². The summed E-state index contributed by atoms with van der Waals surface area (Å²) >= 11 is 0. The van der Waals surface area contributed by atoms with Gasteiger partial charge >= 0.3 is 11.6 Å². The summed E-state index contributed by atoms with van der Waals surface area (Å²) in [5, 5.41) is 41.1.